The van der Waals surface area contributed by atoms with E-state index in [0.717, 1.165) is 11.1 Å². The van der Waals surface area contributed by atoms with E-state index in [0.29, 0.717) is 40.4 Å². The highest BCUT2D eigenvalue weighted by molar-refractivity contribution is 6.31. The summed E-state index contributed by atoms with van der Waals surface area (Å²) in [4.78, 5) is 18.2. The maximum absolute atomic E-state index is 12.3. The van der Waals surface area contributed by atoms with Crippen molar-refractivity contribution in [1.29, 1.82) is 0 Å². The lowest BCUT2D eigenvalue weighted by Crippen LogP contribution is -2.33. The number of aromatic nitrogens is 2. The Morgan fingerprint density at radius 2 is 1.93 bits per heavy atom. The number of hydrogen-bond donors (Lipinski definition) is 1. The monoisotopic (exact) mass is 404 g/mol. The number of aryl methyl sites for hydroxylation is 1. The van der Waals surface area contributed by atoms with Crippen molar-refractivity contribution in [3.8, 4) is 11.5 Å². The first-order chi connectivity index (χ1) is 12.9. The van der Waals surface area contributed by atoms with Crippen molar-refractivity contribution in [1.82, 2.24) is 15.0 Å². The summed E-state index contributed by atoms with van der Waals surface area (Å²) < 4.78 is 5.27. The molecule has 140 valence electrons. The topological polar surface area (TPSA) is 71.3 Å². The van der Waals surface area contributed by atoms with E-state index in [1.807, 2.05) is 31.2 Å². The molecule has 2 aromatic carbocycles. The smallest absolute Gasteiger partial charge is 0.321 e. The van der Waals surface area contributed by atoms with Crippen LogP contribution in [0.2, 0.25) is 10.0 Å². The highest BCUT2D eigenvalue weighted by Crippen LogP contribution is 2.21. The van der Waals surface area contributed by atoms with E-state index in [1.54, 1.807) is 30.1 Å². The first-order valence-corrected chi connectivity index (χ1v) is 9.05. The molecule has 0 spiro atoms. The van der Waals surface area contributed by atoms with Crippen molar-refractivity contribution >= 4 is 34.9 Å². The summed E-state index contributed by atoms with van der Waals surface area (Å²) in [6.45, 7) is 2.34. The molecular weight excluding hydrogens is 387 g/mol. The van der Waals surface area contributed by atoms with Gasteiger partial charge in [0.15, 0.2) is 5.82 Å². The summed E-state index contributed by atoms with van der Waals surface area (Å²) in [5.41, 5.74) is 2.39. The molecule has 0 fully saturated rings. The Kier molecular flexibility index (Phi) is 5.98. The average Bonchev–Trinajstić information content (AvgIpc) is 3.12. The summed E-state index contributed by atoms with van der Waals surface area (Å²) >= 11 is 12.0. The molecule has 1 N–H and O–H groups in total. The molecule has 0 aliphatic carbocycles. The molecular formula is C19H18Cl2N4O2. The van der Waals surface area contributed by atoms with Crippen LogP contribution in [-0.4, -0.2) is 34.7 Å². The van der Waals surface area contributed by atoms with Crippen molar-refractivity contribution in [3.63, 3.8) is 0 Å². The number of halogens is 2. The van der Waals surface area contributed by atoms with Gasteiger partial charge in [0, 0.05) is 41.3 Å². The lowest BCUT2D eigenvalue weighted by Gasteiger charge is -2.17. The van der Waals surface area contributed by atoms with E-state index in [-0.39, 0.29) is 6.03 Å². The maximum atomic E-state index is 12.3. The summed E-state index contributed by atoms with van der Waals surface area (Å²) in [6, 6.07) is 12.3. The number of amides is 2. The largest absolute Gasteiger partial charge is 0.334 e. The number of likely N-dealkylation sites (N-methyl/N-ethyl adjacent to an activating group) is 1. The van der Waals surface area contributed by atoms with Crippen molar-refractivity contribution in [2.75, 3.05) is 18.9 Å². The molecule has 1 heterocycles. The van der Waals surface area contributed by atoms with Gasteiger partial charge in [0.25, 0.3) is 5.89 Å². The van der Waals surface area contributed by atoms with Gasteiger partial charge in [-0.15, -0.1) is 0 Å². The normalized spacial score (nSPS) is 10.7. The van der Waals surface area contributed by atoms with E-state index >= 15 is 0 Å². The Bertz CT molecular complexity index is 941. The van der Waals surface area contributed by atoms with Gasteiger partial charge in [0.1, 0.15) is 0 Å². The van der Waals surface area contributed by atoms with Crippen LogP contribution in [-0.2, 0) is 6.42 Å². The summed E-state index contributed by atoms with van der Waals surface area (Å²) in [7, 11) is 1.70. The zero-order valence-electron chi connectivity index (χ0n) is 14.9. The molecule has 0 atom stereocenters. The minimum absolute atomic E-state index is 0.240. The average molecular weight is 405 g/mol. The fraction of sp³-hybridized carbons (Fsp3) is 0.211. The summed E-state index contributed by atoms with van der Waals surface area (Å²) in [6.07, 6.45) is 0.468. The van der Waals surface area contributed by atoms with Crippen molar-refractivity contribution in [2.24, 2.45) is 0 Å². The van der Waals surface area contributed by atoms with E-state index in [1.165, 1.54) is 0 Å². The highest BCUT2D eigenvalue weighted by Gasteiger charge is 2.13. The van der Waals surface area contributed by atoms with Gasteiger partial charge in [0.2, 0.25) is 0 Å². The maximum Gasteiger partial charge on any atom is 0.321 e. The molecule has 3 aromatic rings. The first-order valence-electron chi connectivity index (χ1n) is 8.29. The zero-order valence-corrected chi connectivity index (χ0v) is 16.4. The van der Waals surface area contributed by atoms with Gasteiger partial charge in [-0.25, -0.2) is 4.79 Å². The lowest BCUT2D eigenvalue weighted by atomic mass is 10.2. The predicted molar refractivity (Wildman–Crippen MR) is 106 cm³/mol. The standard InChI is InChI=1S/C19H18Cl2N4O2/c1-12-3-8-15(11-16(12)21)22-19(26)25(2)10-9-17-23-18(27-24-17)13-4-6-14(20)7-5-13/h3-8,11H,9-10H2,1-2H3,(H,22,26). The van der Waals surface area contributed by atoms with Crippen LogP contribution in [0.15, 0.2) is 47.0 Å². The molecule has 6 nitrogen and oxygen atoms in total. The third kappa shape index (κ3) is 4.99. The Labute approximate surface area is 167 Å². The van der Waals surface area contributed by atoms with Gasteiger partial charge in [-0.2, -0.15) is 4.98 Å². The van der Waals surface area contributed by atoms with Crippen LogP contribution in [0.3, 0.4) is 0 Å². The second-order valence-electron chi connectivity index (χ2n) is 6.09. The van der Waals surface area contributed by atoms with E-state index in [4.69, 9.17) is 27.7 Å². The second-order valence-corrected chi connectivity index (χ2v) is 6.93. The van der Waals surface area contributed by atoms with Gasteiger partial charge in [-0.1, -0.05) is 34.4 Å². The van der Waals surface area contributed by atoms with Crippen LogP contribution in [0.4, 0.5) is 10.5 Å². The molecule has 27 heavy (non-hydrogen) atoms. The molecule has 0 bridgehead atoms. The van der Waals surface area contributed by atoms with Gasteiger partial charge >= 0.3 is 6.03 Å². The minimum atomic E-state index is -0.240. The Balaban J connectivity index is 1.55. The molecule has 0 saturated carbocycles. The molecule has 0 unspecified atom stereocenters. The van der Waals surface area contributed by atoms with E-state index < -0.39 is 0 Å². The van der Waals surface area contributed by atoms with E-state index in [2.05, 4.69) is 15.5 Å². The Morgan fingerprint density at radius 3 is 2.63 bits per heavy atom. The third-order valence-electron chi connectivity index (χ3n) is 4.00. The third-order valence-corrected chi connectivity index (χ3v) is 4.66. The van der Waals surface area contributed by atoms with Crippen LogP contribution >= 0.6 is 23.2 Å². The molecule has 0 aliphatic rings. The van der Waals surface area contributed by atoms with Gasteiger partial charge in [-0.3, -0.25) is 0 Å². The number of nitrogens with zero attached hydrogens (tertiary/aromatic N) is 3. The van der Waals surface area contributed by atoms with Crippen LogP contribution in [0.1, 0.15) is 11.4 Å². The van der Waals surface area contributed by atoms with Crippen LogP contribution in [0.25, 0.3) is 11.5 Å². The number of nitrogens with one attached hydrogen (secondary N) is 1. The molecule has 1 aromatic heterocycles. The zero-order chi connectivity index (χ0) is 19.4. The summed E-state index contributed by atoms with van der Waals surface area (Å²) in [5, 5.41) is 8.01. The van der Waals surface area contributed by atoms with Gasteiger partial charge < -0.3 is 14.7 Å². The minimum Gasteiger partial charge on any atom is -0.334 e. The SMILES string of the molecule is Cc1ccc(NC(=O)N(C)CCc2noc(-c3ccc(Cl)cc3)n2)cc1Cl. The summed E-state index contributed by atoms with van der Waals surface area (Å²) in [5.74, 6) is 0.945. The Morgan fingerprint density at radius 1 is 1.19 bits per heavy atom. The van der Waals surface area contributed by atoms with Crippen molar-refractivity contribution < 1.29 is 9.32 Å². The molecule has 0 aliphatic heterocycles. The van der Waals surface area contributed by atoms with Crippen molar-refractivity contribution in [2.45, 2.75) is 13.3 Å². The van der Waals surface area contributed by atoms with Crippen molar-refractivity contribution in [3.05, 3.63) is 63.9 Å². The number of rotatable bonds is 5. The molecule has 3 rings (SSSR count). The molecule has 2 amide bonds. The number of carbonyl (C=O) groups excluding carboxylic acids is 1. The Hall–Kier alpha value is -2.57. The molecule has 0 saturated heterocycles. The van der Waals surface area contributed by atoms with E-state index in [9.17, 15) is 4.79 Å². The number of hydrogen-bond acceptors (Lipinski definition) is 4. The lowest BCUT2D eigenvalue weighted by molar-refractivity contribution is 0.222. The fourth-order valence-corrected chi connectivity index (χ4v) is 2.63. The first kappa shape index (κ1) is 19.2. The van der Waals surface area contributed by atoms with Gasteiger partial charge in [0.05, 0.1) is 0 Å². The number of carbonyl (C=O) groups is 1. The number of anilines is 1. The fourth-order valence-electron chi connectivity index (χ4n) is 2.32. The second kappa shape index (κ2) is 8.41. The van der Waals surface area contributed by atoms with Gasteiger partial charge in [-0.05, 0) is 48.9 Å². The molecule has 8 heteroatoms. The number of benzene rings is 2. The van der Waals surface area contributed by atoms with Crippen LogP contribution in [0, 0.1) is 6.92 Å². The number of urea groups is 1. The highest BCUT2D eigenvalue weighted by atomic mass is 35.5. The van der Waals surface area contributed by atoms with Crippen LogP contribution in [0.5, 0.6) is 0 Å². The van der Waals surface area contributed by atoms with Crippen LogP contribution < -0.4 is 5.32 Å². The predicted octanol–water partition coefficient (Wildman–Crippen LogP) is 5.06. The molecule has 0 radical (unpaired) electrons. The quantitative estimate of drug-likeness (QED) is 0.644.